The molecule has 1 aromatic carbocycles. The first-order valence-electron chi connectivity index (χ1n) is 11.0. The molecule has 4 rings (SSSR count). The van der Waals surface area contributed by atoms with Crippen molar-refractivity contribution in [2.24, 2.45) is 0 Å². The number of halogens is 2. The quantitative estimate of drug-likeness (QED) is 0.536. The zero-order chi connectivity index (χ0) is 24.6. The van der Waals surface area contributed by atoms with Crippen molar-refractivity contribution in [3.8, 4) is 5.75 Å². The maximum absolute atomic E-state index is 14.9. The molecule has 1 aliphatic heterocycles. The van der Waals surface area contributed by atoms with Crippen molar-refractivity contribution in [3.05, 3.63) is 57.4 Å². The van der Waals surface area contributed by atoms with Crippen LogP contribution in [-0.4, -0.2) is 41.0 Å². The van der Waals surface area contributed by atoms with Gasteiger partial charge < -0.3 is 15.0 Å². The predicted molar refractivity (Wildman–Crippen MR) is 125 cm³/mol. The third-order valence-corrected chi connectivity index (χ3v) is 7.61. The minimum atomic E-state index is -3.07. The van der Waals surface area contributed by atoms with Gasteiger partial charge in [-0.25, -0.2) is 27.2 Å². The molecule has 1 unspecified atom stereocenters. The third-order valence-electron chi connectivity index (χ3n) is 5.89. The average Bonchev–Trinajstić information content (AvgIpc) is 2.75. The average molecular weight is 493 g/mol. The van der Waals surface area contributed by atoms with Crippen LogP contribution in [0.3, 0.4) is 0 Å². The lowest BCUT2D eigenvalue weighted by molar-refractivity contribution is 0.187. The molecule has 0 amide bonds. The van der Waals surface area contributed by atoms with E-state index >= 15 is 0 Å². The van der Waals surface area contributed by atoms with E-state index in [2.05, 4.69) is 20.3 Å². The van der Waals surface area contributed by atoms with Gasteiger partial charge in [0.2, 0.25) is 0 Å². The van der Waals surface area contributed by atoms with Gasteiger partial charge in [-0.15, -0.1) is 0 Å². The number of aromatic amines is 1. The fraction of sp³-hybridized carbons (Fsp3) is 0.435. The highest BCUT2D eigenvalue weighted by Crippen LogP contribution is 2.30. The molecule has 1 fully saturated rings. The van der Waals surface area contributed by atoms with E-state index in [9.17, 15) is 22.0 Å². The Balaban J connectivity index is 1.67. The van der Waals surface area contributed by atoms with Crippen LogP contribution in [0.1, 0.15) is 55.9 Å². The number of ether oxygens (including phenoxy) is 1. The molecule has 1 saturated heterocycles. The SMILES string of the molecule is Cc1nc(N[C@H](C)c2cccc(C(C)F)c2F)c2cc(OC3CCS(=O)(=O)CC3)c(=O)[nH]c2n1. The summed E-state index contributed by atoms with van der Waals surface area (Å²) >= 11 is 0. The fourth-order valence-corrected chi connectivity index (χ4v) is 5.48. The van der Waals surface area contributed by atoms with Gasteiger partial charge in [-0.2, -0.15) is 0 Å². The highest BCUT2D eigenvalue weighted by Gasteiger charge is 2.26. The lowest BCUT2D eigenvalue weighted by Crippen LogP contribution is -2.32. The number of anilines is 1. The molecule has 8 nitrogen and oxygen atoms in total. The molecule has 0 aliphatic carbocycles. The fourth-order valence-electron chi connectivity index (χ4n) is 4.04. The van der Waals surface area contributed by atoms with Gasteiger partial charge in [-0.3, -0.25) is 4.79 Å². The number of aryl methyl sites for hydroxylation is 1. The topological polar surface area (TPSA) is 114 Å². The number of aromatic nitrogens is 3. The molecule has 3 heterocycles. The molecule has 0 radical (unpaired) electrons. The summed E-state index contributed by atoms with van der Waals surface area (Å²) in [6.07, 6.45) is -1.25. The van der Waals surface area contributed by atoms with E-state index in [0.29, 0.717) is 29.9 Å². The summed E-state index contributed by atoms with van der Waals surface area (Å²) in [6, 6.07) is 5.51. The number of rotatable bonds is 6. The van der Waals surface area contributed by atoms with E-state index in [1.54, 1.807) is 26.0 Å². The monoisotopic (exact) mass is 492 g/mol. The highest BCUT2D eigenvalue weighted by molar-refractivity contribution is 7.91. The largest absolute Gasteiger partial charge is 0.485 e. The molecule has 2 atom stereocenters. The van der Waals surface area contributed by atoms with E-state index in [0.717, 1.165) is 0 Å². The summed E-state index contributed by atoms with van der Waals surface area (Å²) in [6.45, 7) is 4.66. The van der Waals surface area contributed by atoms with Crippen LogP contribution in [0.15, 0.2) is 29.1 Å². The molecule has 34 heavy (non-hydrogen) atoms. The van der Waals surface area contributed by atoms with Gasteiger partial charge in [0.05, 0.1) is 22.9 Å². The summed E-state index contributed by atoms with van der Waals surface area (Å²) in [5.41, 5.74) is 0.0335. The van der Waals surface area contributed by atoms with Gasteiger partial charge in [0.15, 0.2) is 15.6 Å². The van der Waals surface area contributed by atoms with Crippen LogP contribution in [0.5, 0.6) is 5.75 Å². The Kier molecular flexibility index (Phi) is 6.57. The molecular weight excluding hydrogens is 466 g/mol. The number of H-pyrrole nitrogens is 1. The Hall–Kier alpha value is -3.08. The van der Waals surface area contributed by atoms with Crippen LogP contribution in [0.2, 0.25) is 0 Å². The van der Waals surface area contributed by atoms with Crippen molar-refractivity contribution in [2.75, 3.05) is 16.8 Å². The van der Waals surface area contributed by atoms with Gasteiger partial charge in [-0.1, -0.05) is 18.2 Å². The van der Waals surface area contributed by atoms with Crippen LogP contribution in [0.4, 0.5) is 14.6 Å². The van der Waals surface area contributed by atoms with Gasteiger partial charge >= 0.3 is 0 Å². The molecule has 182 valence electrons. The first-order valence-corrected chi connectivity index (χ1v) is 12.8. The van der Waals surface area contributed by atoms with Crippen LogP contribution in [0.25, 0.3) is 11.0 Å². The van der Waals surface area contributed by atoms with E-state index in [-0.39, 0.29) is 34.0 Å². The minimum Gasteiger partial charge on any atom is -0.485 e. The summed E-state index contributed by atoms with van der Waals surface area (Å²) in [5.74, 6) is 0.156. The van der Waals surface area contributed by atoms with Crippen LogP contribution in [0, 0.1) is 12.7 Å². The van der Waals surface area contributed by atoms with Crippen LogP contribution in [-0.2, 0) is 9.84 Å². The molecule has 0 saturated carbocycles. The Morgan fingerprint density at radius 1 is 1.18 bits per heavy atom. The number of sulfone groups is 1. The van der Waals surface area contributed by atoms with Gasteiger partial charge in [0.1, 0.15) is 35.4 Å². The highest BCUT2D eigenvalue weighted by atomic mass is 32.2. The van der Waals surface area contributed by atoms with Gasteiger partial charge in [-0.05, 0) is 33.6 Å². The number of nitrogens with one attached hydrogen (secondary N) is 2. The van der Waals surface area contributed by atoms with Crippen molar-refractivity contribution in [1.29, 1.82) is 0 Å². The summed E-state index contributed by atoms with van der Waals surface area (Å²) < 4.78 is 57.8. The number of fused-ring (bicyclic) bond motifs is 1. The smallest absolute Gasteiger partial charge is 0.291 e. The zero-order valence-corrected chi connectivity index (χ0v) is 19.9. The first-order chi connectivity index (χ1) is 16.0. The minimum absolute atomic E-state index is 0.0118. The molecule has 11 heteroatoms. The molecule has 0 spiro atoms. The number of alkyl halides is 1. The van der Waals surface area contributed by atoms with Crippen molar-refractivity contribution in [1.82, 2.24) is 15.0 Å². The van der Waals surface area contributed by atoms with E-state index < -0.39 is 39.5 Å². The van der Waals surface area contributed by atoms with Gasteiger partial charge in [0, 0.05) is 17.2 Å². The van der Waals surface area contributed by atoms with E-state index in [1.165, 1.54) is 19.1 Å². The standard InChI is InChI=1S/C23H26F2N4O4S/c1-12(24)16-5-4-6-17(20(16)25)13(2)26-21-18-11-19(23(30)29-22(18)28-14(3)27-21)33-15-7-9-34(31,32)10-8-15/h4-6,11-13,15H,7-10H2,1-3H3,(H2,26,27,28,29,30)/t12?,13-/m1/s1. The molecule has 3 aromatic rings. The molecule has 1 aliphatic rings. The van der Waals surface area contributed by atoms with E-state index in [1.807, 2.05) is 0 Å². The number of pyridine rings is 1. The van der Waals surface area contributed by atoms with E-state index in [4.69, 9.17) is 4.74 Å². The second-order valence-electron chi connectivity index (χ2n) is 8.55. The van der Waals surface area contributed by atoms with Crippen molar-refractivity contribution >= 4 is 26.7 Å². The molecule has 2 aromatic heterocycles. The normalized spacial score (nSPS) is 17.9. The second-order valence-corrected chi connectivity index (χ2v) is 10.8. The Morgan fingerprint density at radius 3 is 2.53 bits per heavy atom. The Bertz CT molecular complexity index is 1380. The first kappa shape index (κ1) is 24.1. The molecule has 2 N–H and O–H groups in total. The van der Waals surface area contributed by atoms with Crippen molar-refractivity contribution in [3.63, 3.8) is 0 Å². The molecular formula is C23H26F2N4O4S. The zero-order valence-electron chi connectivity index (χ0n) is 19.1. The predicted octanol–water partition coefficient (Wildman–Crippen LogP) is 3.93. The van der Waals surface area contributed by atoms with Crippen LogP contribution < -0.4 is 15.6 Å². The molecule has 0 bridgehead atoms. The summed E-state index contributed by atoms with van der Waals surface area (Å²) in [5, 5.41) is 3.59. The number of nitrogens with zero attached hydrogens (tertiary/aromatic N) is 2. The Morgan fingerprint density at radius 2 is 1.85 bits per heavy atom. The summed E-state index contributed by atoms with van der Waals surface area (Å²) in [7, 11) is -3.07. The third kappa shape index (κ3) is 5.03. The number of hydrogen-bond acceptors (Lipinski definition) is 7. The van der Waals surface area contributed by atoms with Gasteiger partial charge in [0.25, 0.3) is 5.56 Å². The summed E-state index contributed by atoms with van der Waals surface area (Å²) in [4.78, 5) is 24.0. The maximum Gasteiger partial charge on any atom is 0.291 e. The van der Waals surface area contributed by atoms with Crippen LogP contribution >= 0.6 is 0 Å². The van der Waals surface area contributed by atoms with Crippen molar-refractivity contribution < 1.29 is 21.9 Å². The Labute approximate surface area is 195 Å². The second kappa shape index (κ2) is 9.28. The van der Waals surface area contributed by atoms with Crippen molar-refractivity contribution in [2.45, 2.75) is 51.9 Å². The lowest BCUT2D eigenvalue weighted by Gasteiger charge is -2.23. The number of benzene rings is 1. The number of hydrogen-bond donors (Lipinski definition) is 2. The maximum atomic E-state index is 14.9. The lowest BCUT2D eigenvalue weighted by atomic mass is 10.0.